The van der Waals surface area contributed by atoms with Crippen molar-refractivity contribution in [1.29, 1.82) is 0 Å². The number of unbranched alkanes of at least 4 members (excludes halogenated alkanes) is 6. The van der Waals surface area contributed by atoms with Crippen LogP contribution in [0.1, 0.15) is 125 Å². The smallest absolute Gasteiger partial charge is 0.0677 e. The second kappa shape index (κ2) is 16.1. The van der Waals surface area contributed by atoms with E-state index in [4.69, 9.17) is 9.47 Å². The van der Waals surface area contributed by atoms with Gasteiger partial charge in [-0.05, 0) is 46.0 Å². The molecule has 0 aromatic carbocycles. The fourth-order valence-corrected chi connectivity index (χ4v) is 3.18. The van der Waals surface area contributed by atoms with E-state index in [2.05, 4.69) is 41.5 Å². The zero-order valence-corrected chi connectivity index (χ0v) is 18.4. The van der Waals surface area contributed by atoms with Gasteiger partial charge in [0.25, 0.3) is 0 Å². The molecule has 25 heavy (non-hydrogen) atoms. The predicted octanol–water partition coefficient (Wildman–Crippen LogP) is 7.69. The van der Waals surface area contributed by atoms with E-state index in [-0.39, 0.29) is 5.60 Å². The van der Waals surface area contributed by atoms with Crippen LogP contribution in [-0.2, 0) is 9.47 Å². The van der Waals surface area contributed by atoms with Gasteiger partial charge in [-0.1, -0.05) is 79.1 Å². The molecule has 0 bridgehead atoms. The van der Waals surface area contributed by atoms with Crippen molar-refractivity contribution in [2.24, 2.45) is 0 Å². The first-order chi connectivity index (χ1) is 12.0. The van der Waals surface area contributed by atoms with E-state index >= 15 is 0 Å². The maximum atomic E-state index is 6.68. The molecule has 0 N–H and O–H groups in total. The molecule has 0 fully saturated rings. The van der Waals surface area contributed by atoms with Crippen LogP contribution >= 0.6 is 0 Å². The number of hydrogen-bond donors (Lipinski definition) is 0. The van der Waals surface area contributed by atoms with Crippen molar-refractivity contribution in [1.82, 2.24) is 0 Å². The quantitative estimate of drug-likeness (QED) is 0.234. The maximum Gasteiger partial charge on any atom is 0.0677 e. The minimum Gasteiger partial charge on any atom is -0.378 e. The number of rotatable bonds is 18. The minimum absolute atomic E-state index is 0.0340. The Kier molecular flexibility index (Phi) is 16.1. The molecule has 0 aliphatic heterocycles. The molecule has 0 aliphatic rings. The summed E-state index contributed by atoms with van der Waals surface area (Å²) in [7, 11) is 0. The summed E-state index contributed by atoms with van der Waals surface area (Å²) in [6.07, 6.45) is 17.1. The van der Waals surface area contributed by atoms with Crippen molar-refractivity contribution < 1.29 is 9.47 Å². The van der Waals surface area contributed by atoms with Gasteiger partial charge in [-0.2, -0.15) is 0 Å². The third-order valence-corrected chi connectivity index (χ3v) is 5.57. The van der Waals surface area contributed by atoms with Crippen LogP contribution < -0.4 is 0 Å². The molecule has 3 unspecified atom stereocenters. The lowest BCUT2D eigenvalue weighted by atomic mass is 9.97. The van der Waals surface area contributed by atoms with Gasteiger partial charge in [0.1, 0.15) is 0 Å². The number of hydrogen-bond acceptors (Lipinski definition) is 2. The Morgan fingerprint density at radius 2 is 1.36 bits per heavy atom. The van der Waals surface area contributed by atoms with Crippen molar-refractivity contribution in [3.63, 3.8) is 0 Å². The summed E-state index contributed by atoms with van der Waals surface area (Å²) in [5, 5.41) is 0. The average molecular weight is 357 g/mol. The summed E-state index contributed by atoms with van der Waals surface area (Å²) >= 11 is 0. The van der Waals surface area contributed by atoms with Crippen LogP contribution in [-0.4, -0.2) is 24.4 Å². The zero-order chi connectivity index (χ0) is 19.0. The van der Waals surface area contributed by atoms with Gasteiger partial charge in [0, 0.05) is 6.61 Å². The van der Waals surface area contributed by atoms with Crippen molar-refractivity contribution >= 4 is 0 Å². The molecule has 0 saturated carbocycles. The van der Waals surface area contributed by atoms with Crippen LogP contribution in [0.15, 0.2) is 0 Å². The fraction of sp³-hybridized carbons (Fsp3) is 1.00. The molecule has 0 amide bonds. The van der Waals surface area contributed by atoms with E-state index in [1.54, 1.807) is 0 Å². The Labute approximate surface area is 159 Å². The Morgan fingerprint density at radius 3 is 1.92 bits per heavy atom. The highest BCUT2D eigenvalue weighted by atomic mass is 16.5. The van der Waals surface area contributed by atoms with E-state index < -0.39 is 0 Å². The molecule has 0 rings (SSSR count). The standard InChI is InChI=1S/C23H48O2/c1-7-11-13-14-16-18-22(17-15-12-8-2)25-23(6,10-4)19-20-24-21(5)9-3/h21-22H,7-20H2,1-6H3. The Bertz CT molecular complexity index is 279. The highest BCUT2D eigenvalue weighted by Gasteiger charge is 2.27. The van der Waals surface area contributed by atoms with Gasteiger partial charge in [0.2, 0.25) is 0 Å². The first kappa shape index (κ1) is 24.9. The SMILES string of the molecule is CCCCCCCC(CCCCC)OC(C)(CC)CCOC(C)CC. The molecule has 2 heteroatoms. The van der Waals surface area contributed by atoms with E-state index in [9.17, 15) is 0 Å². The van der Waals surface area contributed by atoms with Gasteiger partial charge in [-0.15, -0.1) is 0 Å². The second-order valence-electron chi connectivity index (χ2n) is 8.08. The monoisotopic (exact) mass is 356 g/mol. The summed E-state index contributed by atoms with van der Waals surface area (Å²) < 4.78 is 12.6. The molecular formula is C23H48O2. The van der Waals surface area contributed by atoms with Crippen LogP contribution in [0.2, 0.25) is 0 Å². The van der Waals surface area contributed by atoms with Crippen molar-refractivity contribution in [3.8, 4) is 0 Å². The molecule has 2 nitrogen and oxygen atoms in total. The summed E-state index contributed by atoms with van der Waals surface area (Å²) in [6.45, 7) is 14.3. The third-order valence-electron chi connectivity index (χ3n) is 5.57. The van der Waals surface area contributed by atoms with Gasteiger partial charge < -0.3 is 9.47 Å². The molecule has 0 heterocycles. The highest BCUT2D eigenvalue weighted by Crippen LogP contribution is 2.27. The molecule has 0 spiro atoms. The summed E-state index contributed by atoms with van der Waals surface area (Å²) in [6, 6.07) is 0. The molecule has 0 aromatic heterocycles. The molecule has 0 aromatic rings. The van der Waals surface area contributed by atoms with Crippen LogP contribution in [0.3, 0.4) is 0 Å². The number of ether oxygens (including phenoxy) is 2. The average Bonchev–Trinajstić information content (AvgIpc) is 2.61. The first-order valence-corrected chi connectivity index (χ1v) is 11.3. The van der Waals surface area contributed by atoms with Crippen molar-refractivity contribution in [2.75, 3.05) is 6.61 Å². The van der Waals surface area contributed by atoms with Crippen LogP contribution in [0, 0.1) is 0 Å². The third kappa shape index (κ3) is 13.7. The van der Waals surface area contributed by atoms with Gasteiger partial charge in [0.15, 0.2) is 0 Å². The van der Waals surface area contributed by atoms with Crippen molar-refractivity contribution in [3.05, 3.63) is 0 Å². The molecular weight excluding hydrogens is 308 g/mol. The summed E-state index contributed by atoms with van der Waals surface area (Å²) in [5.41, 5.74) is -0.0340. The Balaban J connectivity index is 4.40. The van der Waals surface area contributed by atoms with E-state index in [1.807, 2.05) is 0 Å². The predicted molar refractivity (Wildman–Crippen MR) is 111 cm³/mol. The van der Waals surface area contributed by atoms with Crippen LogP contribution in [0.5, 0.6) is 0 Å². The first-order valence-electron chi connectivity index (χ1n) is 11.3. The van der Waals surface area contributed by atoms with Crippen molar-refractivity contribution in [2.45, 2.75) is 143 Å². The molecule has 0 saturated heterocycles. The lowest BCUT2D eigenvalue weighted by molar-refractivity contribution is -0.109. The van der Waals surface area contributed by atoms with E-state index in [0.29, 0.717) is 12.2 Å². The molecule has 3 atom stereocenters. The largest absolute Gasteiger partial charge is 0.378 e. The zero-order valence-electron chi connectivity index (χ0n) is 18.4. The van der Waals surface area contributed by atoms with Crippen LogP contribution in [0.25, 0.3) is 0 Å². The van der Waals surface area contributed by atoms with Gasteiger partial charge >= 0.3 is 0 Å². The summed E-state index contributed by atoms with van der Waals surface area (Å²) in [5.74, 6) is 0. The van der Waals surface area contributed by atoms with E-state index in [0.717, 1.165) is 25.9 Å². The normalized spacial score (nSPS) is 16.6. The van der Waals surface area contributed by atoms with E-state index in [1.165, 1.54) is 64.2 Å². The fourth-order valence-electron chi connectivity index (χ4n) is 3.18. The van der Waals surface area contributed by atoms with Gasteiger partial charge in [0.05, 0.1) is 17.8 Å². The van der Waals surface area contributed by atoms with Gasteiger partial charge in [-0.25, -0.2) is 0 Å². The second-order valence-corrected chi connectivity index (χ2v) is 8.08. The molecule has 152 valence electrons. The maximum absolute atomic E-state index is 6.68. The Hall–Kier alpha value is -0.0800. The lowest BCUT2D eigenvalue weighted by Crippen LogP contribution is -2.35. The lowest BCUT2D eigenvalue weighted by Gasteiger charge is -2.34. The topological polar surface area (TPSA) is 18.5 Å². The van der Waals surface area contributed by atoms with Gasteiger partial charge in [-0.3, -0.25) is 0 Å². The van der Waals surface area contributed by atoms with Crippen LogP contribution in [0.4, 0.5) is 0 Å². The Morgan fingerprint density at radius 1 is 0.800 bits per heavy atom. The molecule has 0 radical (unpaired) electrons. The molecule has 0 aliphatic carbocycles. The minimum atomic E-state index is -0.0340. The highest BCUT2D eigenvalue weighted by molar-refractivity contribution is 4.76. The summed E-state index contributed by atoms with van der Waals surface area (Å²) in [4.78, 5) is 0.